The van der Waals surface area contributed by atoms with Crippen molar-refractivity contribution in [3.63, 3.8) is 0 Å². The first-order valence-corrected chi connectivity index (χ1v) is 8.32. The third kappa shape index (κ3) is 3.60. The van der Waals surface area contributed by atoms with Crippen LogP contribution in [0.4, 0.5) is 0 Å². The van der Waals surface area contributed by atoms with E-state index < -0.39 is 11.1 Å². The smallest absolute Gasteiger partial charge is 0.332 e. The minimum absolute atomic E-state index is 0.113. The summed E-state index contributed by atoms with van der Waals surface area (Å²) in [5.41, 5.74) is -1.83. The molecule has 0 N–H and O–H groups in total. The van der Waals surface area contributed by atoms with Gasteiger partial charge in [-0.2, -0.15) is 0 Å². The number of nitrogens with zero attached hydrogens (tertiary/aromatic N) is 4. The lowest BCUT2D eigenvalue weighted by Gasteiger charge is -2.34. The van der Waals surface area contributed by atoms with Gasteiger partial charge in [-0.1, -0.05) is 0 Å². The van der Waals surface area contributed by atoms with E-state index in [2.05, 4.69) is 10.1 Å². The van der Waals surface area contributed by atoms with Crippen LogP contribution in [-0.4, -0.2) is 49.2 Å². The van der Waals surface area contributed by atoms with Gasteiger partial charge in [0.15, 0.2) is 0 Å². The molecule has 1 fully saturated rings. The van der Waals surface area contributed by atoms with Crippen LogP contribution < -0.4 is 0 Å². The molecule has 24 heavy (non-hydrogen) atoms. The maximum Gasteiger partial charge on any atom is 0.332 e. The highest BCUT2D eigenvalue weighted by Crippen LogP contribution is 2.32. The standard InChI is InChI=1S/C17H28N4O3/c1-15(2,3)21-11-18-12(19-21)13(22)20-10-8-9-17(20,7)14(23)24-16(4,5)6/h11H,8-10H2,1-7H3. The molecule has 1 aromatic rings. The molecule has 2 rings (SSSR count). The van der Waals surface area contributed by atoms with Crippen LogP contribution in [0.3, 0.4) is 0 Å². The zero-order valence-corrected chi connectivity index (χ0v) is 15.7. The lowest BCUT2D eigenvalue weighted by Crippen LogP contribution is -2.53. The number of hydrogen-bond acceptors (Lipinski definition) is 5. The van der Waals surface area contributed by atoms with Gasteiger partial charge in [0.1, 0.15) is 17.5 Å². The van der Waals surface area contributed by atoms with E-state index in [1.54, 1.807) is 22.8 Å². The third-order valence-electron chi connectivity index (χ3n) is 4.10. The molecule has 1 atom stereocenters. The quantitative estimate of drug-likeness (QED) is 0.775. The second-order valence-corrected chi connectivity index (χ2v) is 8.52. The topological polar surface area (TPSA) is 77.3 Å². The van der Waals surface area contributed by atoms with Crippen molar-refractivity contribution in [3.8, 4) is 0 Å². The Morgan fingerprint density at radius 1 is 1.21 bits per heavy atom. The first-order chi connectivity index (χ1) is 10.8. The Hall–Kier alpha value is -1.92. The summed E-state index contributed by atoms with van der Waals surface area (Å²) >= 11 is 0. The number of hydrogen-bond donors (Lipinski definition) is 0. The van der Waals surface area contributed by atoms with Gasteiger partial charge in [0.25, 0.3) is 5.91 Å². The molecule has 1 amide bonds. The number of amides is 1. The average Bonchev–Trinajstić information content (AvgIpc) is 3.02. The van der Waals surface area contributed by atoms with Crippen LogP contribution in [-0.2, 0) is 15.1 Å². The first kappa shape index (κ1) is 18.4. The summed E-state index contributed by atoms with van der Waals surface area (Å²) < 4.78 is 7.18. The molecule has 0 spiro atoms. The van der Waals surface area contributed by atoms with Crippen molar-refractivity contribution in [2.75, 3.05) is 6.54 Å². The number of ether oxygens (including phenoxy) is 1. The average molecular weight is 336 g/mol. The summed E-state index contributed by atoms with van der Waals surface area (Å²) in [6, 6.07) is 0. The van der Waals surface area contributed by atoms with Gasteiger partial charge in [-0.15, -0.1) is 5.10 Å². The van der Waals surface area contributed by atoms with Crippen molar-refractivity contribution < 1.29 is 14.3 Å². The molecule has 1 aliphatic rings. The number of rotatable bonds is 2. The molecule has 1 aliphatic heterocycles. The molecule has 0 saturated carbocycles. The zero-order valence-electron chi connectivity index (χ0n) is 15.7. The van der Waals surface area contributed by atoms with Crippen molar-refractivity contribution in [2.45, 2.75) is 78.0 Å². The highest BCUT2D eigenvalue weighted by Gasteiger charge is 2.49. The Labute approximate surface area is 143 Å². The third-order valence-corrected chi connectivity index (χ3v) is 4.10. The fourth-order valence-electron chi connectivity index (χ4n) is 2.69. The van der Waals surface area contributed by atoms with Gasteiger partial charge in [0.2, 0.25) is 5.82 Å². The molecular formula is C17H28N4O3. The second-order valence-electron chi connectivity index (χ2n) is 8.52. The van der Waals surface area contributed by atoms with Crippen LogP contribution in [0.15, 0.2) is 6.33 Å². The van der Waals surface area contributed by atoms with Crippen LogP contribution in [0.1, 0.15) is 71.9 Å². The van der Waals surface area contributed by atoms with Gasteiger partial charge in [-0.25, -0.2) is 14.5 Å². The van der Waals surface area contributed by atoms with Gasteiger partial charge >= 0.3 is 5.97 Å². The van der Waals surface area contributed by atoms with E-state index in [1.807, 2.05) is 41.5 Å². The van der Waals surface area contributed by atoms with Crippen molar-refractivity contribution >= 4 is 11.9 Å². The molecule has 134 valence electrons. The number of carbonyl (C=O) groups excluding carboxylic acids is 2. The number of esters is 1. The van der Waals surface area contributed by atoms with Crippen LogP contribution in [0.2, 0.25) is 0 Å². The van der Waals surface area contributed by atoms with E-state index >= 15 is 0 Å². The fraction of sp³-hybridized carbons (Fsp3) is 0.765. The Morgan fingerprint density at radius 2 is 1.83 bits per heavy atom. The second kappa shape index (κ2) is 5.86. The Bertz CT molecular complexity index is 639. The van der Waals surface area contributed by atoms with E-state index in [1.165, 1.54) is 0 Å². The molecule has 2 heterocycles. The predicted octanol–water partition coefficient (Wildman–Crippen LogP) is 2.37. The number of aromatic nitrogens is 3. The summed E-state index contributed by atoms with van der Waals surface area (Å²) in [5, 5.41) is 4.29. The molecule has 7 nitrogen and oxygen atoms in total. The van der Waals surface area contributed by atoms with Crippen LogP contribution in [0.25, 0.3) is 0 Å². The van der Waals surface area contributed by atoms with E-state index in [0.717, 1.165) is 6.42 Å². The predicted molar refractivity (Wildman–Crippen MR) is 89.5 cm³/mol. The van der Waals surface area contributed by atoms with Gasteiger partial charge in [0, 0.05) is 6.54 Å². The maximum atomic E-state index is 12.9. The number of likely N-dealkylation sites (tertiary alicyclic amines) is 1. The van der Waals surface area contributed by atoms with Crippen LogP contribution >= 0.6 is 0 Å². The summed E-state index contributed by atoms with van der Waals surface area (Å²) in [6.45, 7) is 13.7. The molecule has 1 saturated heterocycles. The SMILES string of the molecule is CC(C)(C)OC(=O)C1(C)CCCN1C(=O)c1ncn(C(C)(C)C)n1. The van der Waals surface area contributed by atoms with Crippen LogP contribution in [0.5, 0.6) is 0 Å². The van der Waals surface area contributed by atoms with E-state index in [9.17, 15) is 9.59 Å². The molecular weight excluding hydrogens is 308 g/mol. The van der Waals surface area contributed by atoms with E-state index in [4.69, 9.17) is 4.74 Å². The minimum atomic E-state index is -0.975. The molecule has 0 bridgehead atoms. The number of carbonyl (C=O) groups is 2. The highest BCUT2D eigenvalue weighted by molar-refractivity contribution is 5.95. The van der Waals surface area contributed by atoms with Crippen molar-refractivity contribution in [1.29, 1.82) is 0 Å². The lowest BCUT2D eigenvalue weighted by atomic mass is 9.98. The van der Waals surface area contributed by atoms with Gasteiger partial charge in [-0.05, 0) is 61.3 Å². The Kier molecular flexibility index (Phi) is 4.50. The monoisotopic (exact) mass is 336 g/mol. The zero-order chi connectivity index (χ0) is 18.3. The van der Waals surface area contributed by atoms with Crippen molar-refractivity contribution in [3.05, 3.63) is 12.2 Å². The molecule has 0 aliphatic carbocycles. The van der Waals surface area contributed by atoms with Gasteiger partial charge < -0.3 is 9.64 Å². The van der Waals surface area contributed by atoms with E-state index in [-0.39, 0.29) is 23.2 Å². The molecule has 0 radical (unpaired) electrons. The summed E-state index contributed by atoms with van der Waals surface area (Å²) in [5.74, 6) is -0.596. The van der Waals surface area contributed by atoms with Crippen molar-refractivity contribution in [1.82, 2.24) is 19.7 Å². The van der Waals surface area contributed by atoms with E-state index in [0.29, 0.717) is 13.0 Å². The Balaban J connectivity index is 2.25. The highest BCUT2D eigenvalue weighted by atomic mass is 16.6. The lowest BCUT2D eigenvalue weighted by molar-refractivity contribution is -0.165. The van der Waals surface area contributed by atoms with Crippen LogP contribution in [0, 0.1) is 0 Å². The minimum Gasteiger partial charge on any atom is -0.458 e. The fourth-order valence-corrected chi connectivity index (χ4v) is 2.69. The molecule has 1 aromatic heterocycles. The molecule has 7 heteroatoms. The molecule has 1 unspecified atom stereocenters. The van der Waals surface area contributed by atoms with Gasteiger partial charge in [-0.3, -0.25) is 4.79 Å². The maximum absolute atomic E-state index is 12.9. The largest absolute Gasteiger partial charge is 0.458 e. The normalized spacial score (nSPS) is 21.9. The Morgan fingerprint density at radius 3 is 2.33 bits per heavy atom. The summed E-state index contributed by atoms with van der Waals surface area (Å²) in [4.78, 5) is 31.2. The first-order valence-electron chi connectivity index (χ1n) is 8.32. The van der Waals surface area contributed by atoms with Gasteiger partial charge in [0.05, 0.1) is 5.54 Å². The molecule has 0 aromatic carbocycles. The van der Waals surface area contributed by atoms with Crippen molar-refractivity contribution in [2.24, 2.45) is 0 Å². The summed E-state index contributed by atoms with van der Waals surface area (Å²) in [6.07, 6.45) is 2.88. The summed E-state index contributed by atoms with van der Waals surface area (Å²) in [7, 11) is 0.